The fourth-order valence-electron chi connectivity index (χ4n) is 3.46. The summed E-state index contributed by atoms with van der Waals surface area (Å²) in [6.07, 6.45) is 1.87. The van der Waals surface area contributed by atoms with Crippen LogP contribution in [0.5, 0.6) is 17.2 Å². The molecule has 14 heteroatoms. The van der Waals surface area contributed by atoms with Gasteiger partial charge in [-0.05, 0) is 39.8 Å². The van der Waals surface area contributed by atoms with Crippen LogP contribution in [-0.2, 0) is 25.4 Å². The third-order valence-corrected chi connectivity index (χ3v) is 6.88. The van der Waals surface area contributed by atoms with Crippen molar-refractivity contribution in [1.82, 2.24) is 24.6 Å². The van der Waals surface area contributed by atoms with Crippen LogP contribution < -0.4 is 24.8 Å². The summed E-state index contributed by atoms with van der Waals surface area (Å²) in [5, 5.41) is 2.77. The van der Waals surface area contributed by atoms with E-state index in [1.807, 2.05) is 0 Å². The zero-order chi connectivity index (χ0) is 25.9. The molecule has 13 nitrogen and oxygen atoms in total. The second kappa shape index (κ2) is 10.7. The minimum Gasteiger partial charge on any atom is -0.462 e. The maximum Gasteiger partial charge on any atom is 0.342 e. The second-order valence-corrected chi connectivity index (χ2v) is 10.6. The molecule has 36 heavy (non-hydrogen) atoms. The van der Waals surface area contributed by atoms with E-state index in [2.05, 4.69) is 20.0 Å². The summed E-state index contributed by atoms with van der Waals surface area (Å²) in [4.78, 5) is 24.8. The number of hydrogen-bond acceptors (Lipinski definition) is 11. The highest BCUT2D eigenvalue weighted by atomic mass is 31.2. The van der Waals surface area contributed by atoms with Gasteiger partial charge in [0.15, 0.2) is 23.0 Å². The van der Waals surface area contributed by atoms with Crippen molar-refractivity contribution in [3.05, 3.63) is 30.9 Å². The lowest BCUT2D eigenvalue weighted by Crippen LogP contribution is -2.37. The predicted octanol–water partition coefficient (Wildman–Crippen LogP) is 2.70. The van der Waals surface area contributed by atoms with Crippen LogP contribution >= 0.6 is 7.52 Å². The van der Waals surface area contributed by atoms with Gasteiger partial charge in [-0.1, -0.05) is 0 Å². The molecule has 0 aliphatic carbocycles. The van der Waals surface area contributed by atoms with Crippen LogP contribution in [0.2, 0.25) is 0 Å². The Morgan fingerprint density at radius 1 is 1.19 bits per heavy atom. The van der Waals surface area contributed by atoms with Crippen molar-refractivity contribution in [2.24, 2.45) is 0 Å². The van der Waals surface area contributed by atoms with Gasteiger partial charge in [-0.25, -0.2) is 20.0 Å². The van der Waals surface area contributed by atoms with Crippen LogP contribution in [0, 0.1) is 0 Å². The molecule has 3 N–H and O–H groups in total. The number of aromatic nitrogens is 4. The predicted molar refractivity (Wildman–Crippen MR) is 130 cm³/mol. The van der Waals surface area contributed by atoms with Crippen molar-refractivity contribution in [3.63, 3.8) is 0 Å². The fourth-order valence-corrected chi connectivity index (χ4v) is 5.24. The quantitative estimate of drug-likeness (QED) is 0.281. The van der Waals surface area contributed by atoms with E-state index in [1.165, 1.54) is 6.33 Å². The van der Waals surface area contributed by atoms with Gasteiger partial charge in [-0.15, -0.1) is 0 Å². The van der Waals surface area contributed by atoms with Gasteiger partial charge in [-0.2, -0.15) is 0 Å². The lowest BCUT2D eigenvalue weighted by molar-refractivity contribution is -0.149. The topological polar surface area (TPSA) is 162 Å². The number of hydrogen-bond donors (Lipinski definition) is 2. The van der Waals surface area contributed by atoms with Crippen LogP contribution in [0.4, 0.5) is 5.82 Å². The molecule has 3 atom stereocenters. The molecule has 194 valence electrons. The van der Waals surface area contributed by atoms with E-state index in [0.29, 0.717) is 29.2 Å². The van der Waals surface area contributed by atoms with Crippen molar-refractivity contribution in [2.75, 3.05) is 18.9 Å². The standard InChI is InChI=1S/C22H29N6O7P/c1-13(2)34-22(29)15(4)27-36(30,35-16-5-6-17-18(7-16)32-11-31-17)12-33-14(3)8-28-10-26-19-20(23)24-9-25-21(19)28/h5-7,9-10,13-15H,8,11-12H2,1-4H3,(H,27,30)(H2,23,24,25)/t14-,15-,36-/m1/s1. The molecule has 0 saturated heterocycles. The van der Waals surface area contributed by atoms with E-state index >= 15 is 0 Å². The Hall–Kier alpha value is -3.41. The van der Waals surface area contributed by atoms with Gasteiger partial charge in [-0.3, -0.25) is 9.36 Å². The number of fused-ring (bicyclic) bond motifs is 2. The fraction of sp³-hybridized carbons (Fsp3) is 0.455. The van der Waals surface area contributed by atoms with Crippen molar-refractivity contribution >= 4 is 30.5 Å². The largest absolute Gasteiger partial charge is 0.462 e. The molecular weight excluding hydrogens is 491 g/mol. The van der Waals surface area contributed by atoms with Crippen LogP contribution in [-0.4, -0.2) is 56.9 Å². The first-order chi connectivity index (χ1) is 17.1. The molecule has 2 aromatic heterocycles. The Morgan fingerprint density at radius 2 is 1.97 bits per heavy atom. The first-order valence-corrected chi connectivity index (χ1v) is 13.1. The SMILES string of the molecule is CC(C)OC(=O)[C@@H](C)N[P@@](=O)(CO[C@H](C)Cn1cnc2c(N)ncnc21)Oc1ccc2c(c1)OCO2. The van der Waals surface area contributed by atoms with Crippen molar-refractivity contribution < 1.29 is 32.8 Å². The number of nitrogens with zero attached hydrogens (tertiary/aromatic N) is 4. The molecule has 3 aromatic rings. The average molecular weight is 520 g/mol. The molecule has 0 spiro atoms. The summed E-state index contributed by atoms with van der Waals surface area (Å²) in [6, 6.07) is 3.91. The number of carbonyl (C=O) groups is 1. The third-order valence-electron chi connectivity index (χ3n) is 5.11. The number of carbonyl (C=O) groups excluding carboxylic acids is 1. The Kier molecular flexibility index (Phi) is 7.62. The van der Waals surface area contributed by atoms with Gasteiger partial charge < -0.3 is 33.8 Å². The second-order valence-electron chi connectivity index (χ2n) is 8.55. The molecule has 0 bridgehead atoms. The summed E-state index contributed by atoms with van der Waals surface area (Å²) in [7, 11) is -3.76. The van der Waals surface area contributed by atoms with E-state index < -0.39 is 25.6 Å². The number of nitrogens with two attached hydrogens (primary N) is 1. The number of nitrogens with one attached hydrogen (secondary N) is 1. The summed E-state index contributed by atoms with van der Waals surface area (Å²) in [5.41, 5.74) is 6.89. The molecule has 0 radical (unpaired) electrons. The Balaban J connectivity index is 1.47. The normalized spacial score (nSPS) is 16.0. The van der Waals surface area contributed by atoms with E-state index in [0.717, 1.165) is 0 Å². The number of rotatable bonds is 11. The molecule has 1 aromatic carbocycles. The average Bonchev–Trinajstić information content (AvgIpc) is 3.45. The number of nitrogen functional groups attached to an aromatic ring is 1. The lowest BCUT2D eigenvalue weighted by Gasteiger charge is -2.25. The zero-order valence-corrected chi connectivity index (χ0v) is 21.3. The number of ether oxygens (including phenoxy) is 4. The number of anilines is 1. The van der Waals surface area contributed by atoms with E-state index in [9.17, 15) is 9.36 Å². The van der Waals surface area contributed by atoms with Gasteiger partial charge in [0.2, 0.25) is 6.79 Å². The molecule has 0 amide bonds. The van der Waals surface area contributed by atoms with Crippen molar-refractivity contribution in [3.8, 4) is 17.2 Å². The first kappa shape index (κ1) is 25.7. The van der Waals surface area contributed by atoms with Gasteiger partial charge in [0.05, 0.1) is 25.1 Å². The molecule has 0 unspecified atom stereocenters. The van der Waals surface area contributed by atoms with E-state index in [-0.39, 0.29) is 30.8 Å². The molecule has 1 aliphatic rings. The Morgan fingerprint density at radius 3 is 2.75 bits per heavy atom. The molecule has 3 heterocycles. The highest BCUT2D eigenvalue weighted by molar-refractivity contribution is 7.57. The van der Waals surface area contributed by atoms with Crippen LogP contribution in [0.3, 0.4) is 0 Å². The van der Waals surface area contributed by atoms with Crippen LogP contribution in [0.25, 0.3) is 11.2 Å². The van der Waals surface area contributed by atoms with E-state index in [4.69, 9.17) is 29.2 Å². The van der Waals surface area contributed by atoms with Crippen LogP contribution in [0.15, 0.2) is 30.9 Å². The maximum atomic E-state index is 13.9. The highest BCUT2D eigenvalue weighted by Crippen LogP contribution is 2.46. The number of benzene rings is 1. The molecular formula is C22H29N6O7P. The monoisotopic (exact) mass is 520 g/mol. The summed E-state index contributed by atoms with van der Waals surface area (Å²) in [5.74, 6) is 1.01. The maximum absolute atomic E-state index is 13.9. The summed E-state index contributed by atoms with van der Waals surface area (Å²) in [6.45, 7) is 7.25. The number of esters is 1. The van der Waals surface area contributed by atoms with Gasteiger partial charge in [0.25, 0.3) is 0 Å². The molecule has 0 fully saturated rings. The van der Waals surface area contributed by atoms with Crippen LogP contribution in [0.1, 0.15) is 27.7 Å². The van der Waals surface area contributed by atoms with Gasteiger partial charge in [0.1, 0.15) is 30.0 Å². The summed E-state index contributed by atoms with van der Waals surface area (Å²) >= 11 is 0. The number of imidazole rings is 1. The van der Waals surface area contributed by atoms with E-state index in [1.54, 1.807) is 56.8 Å². The molecule has 0 saturated carbocycles. The van der Waals surface area contributed by atoms with Crippen molar-refractivity contribution in [2.45, 2.75) is 52.5 Å². The van der Waals surface area contributed by atoms with Gasteiger partial charge >= 0.3 is 13.5 Å². The summed E-state index contributed by atoms with van der Waals surface area (Å²) < 4.78 is 43.3. The zero-order valence-electron chi connectivity index (χ0n) is 20.4. The highest BCUT2D eigenvalue weighted by Gasteiger charge is 2.32. The third kappa shape index (κ3) is 6.04. The van der Waals surface area contributed by atoms with Gasteiger partial charge in [0, 0.05) is 6.07 Å². The Labute approximate surface area is 207 Å². The molecule has 1 aliphatic heterocycles. The van der Waals surface area contributed by atoms with Crippen molar-refractivity contribution in [1.29, 1.82) is 0 Å². The minimum absolute atomic E-state index is 0.0902. The smallest absolute Gasteiger partial charge is 0.342 e. The Bertz CT molecular complexity index is 1280. The minimum atomic E-state index is -3.76. The molecule has 4 rings (SSSR count). The first-order valence-electron chi connectivity index (χ1n) is 11.3. The lowest BCUT2D eigenvalue weighted by atomic mass is 10.3.